The van der Waals surface area contributed by atoms with E-state index in [1.165, 1.54) is 4.90 Å². The maximum atomic E-state index is 15.2. The predicted octanol–water partition coefficient (Wildman–Crippen LogP) is 11.7. The molecule has 9 aromatic rings. The Morgan fingerprint density at radius 3 is 1.46 bits per heavy atom. The minimum Gasteiger partial charge on any atom is -0.308 e. The van der Waals surface area contributed by atoms with Crippen LogP contribution in [0.4, 0.5) is 5.69 Å². The molecule has 3 aromatic heterocycles. The van der Waals surface area contributed by atoms with E-state index in [-0.39, 0.29) is 11.8 Å². The van der Waals surface area contributed by atoms with Gasteiger partial charge < -0.3 is 4.57 Å². The lowest BCUT2D eigenvalue weighted by Crippen LogP contribution is -2.30. The van der Waals surface area contributed by atoms with Gasteiger partial charge in [-0.3, -0.25) is 19.6 Å². The molecule has 6 nitrogen and oxygen atoms in total. The number of fused-ring (bicyclic) bond motifs is 4. The van der Waals surface area contributed by atoms with E-state index in [4.69, 9.17) is 0 Å². The van der Waals surface area contributed by atoms with Crippen LogP contribution in [-0.2, 0) is 0 Å². The summed E-state index contributed by atoms with van der Waals surface area (Å²) in [5, 5.41) is 2.07. The van der Waals surface area contributed by atoms with Crippen molar-refractivity contribution in [3.05, 3.63) is 193 Å². The molecule has 1 aliphatic heterocycles. The maximum absolute atomic E-state index is 15.2. The summed E-state index contributed by atoms with van der Waals surface area (Å²) in [5.41, 5.74) is 13.8. The summed E-state index contributed by atoms with van der Waals surface area (Å²) in [6.45, 7) is 4.14. The lowest BCUT2D eigenvalue weighted by Gasteiger charge is -2.23. The fourth-order valence-electron chi connectivity index (χ4n) is 8.36. The summed E-state index contributed by atoms with van der Waals surface area (Å²) >= 11 is 0. The first-order valence-electron chi connectivity index (χ1n) is 18.6. The monoisotopic (exact) mass is 722 g/mol. The Morgan fingerprint density at radius 1 is 0.446 bits per heavy atom. The van der Waals surface area contributed by atoms with Crippen LogP contribution in [0.25, 0.3) is 72.0 Å². The number of pyridine rings is 2. The number of aryl methyl sites for hydroxylation is 2. The molecule has 2 amide bonds. The third kappa shape index (κ3) is 5.18. The van der Waals surface area contributed by atoms with Crippen molar-refractivity contribution in [2.45, 2.75) is 13.8 Å². The molecule has 6 aromatic carbocycles. The van der Waals surface area contributed by atoms with E-state index in [1.807, 2.05) is 128 Å². The van der Waals surface area contributed by atoms with Crippen LogP contribution in [-0.4, -0.2) is 26.3 Å². The van der Waals surface area contributed by atoms with Crippen LogP contribution < -0.4 is 4.90 Å². The van der Waals surface area contributed by atoms with Crippen molar-refractivity contribution in [1.82, 2.24) is 14.5 Å². The van der Waals surface area contributed by atoms with Gasteiger partial charge in [0, 0.05) is 46.7 Å². The number of hydrogen-bond acceptors (Lipinski definition) is 4. The molecule has 0 saturated carbocycles. The molecule has 0 atom stereocenters. The highest BCUT2D eigenvalue weighted by molar-refractivity contribution is 6.37. The van der Waals surface area contributed by atoms with E-state index in [0.717, 1.165) is 77.4 Å². The molecule has 56 heavy (non-hydrogen) atoms. The summed E-state index contributed by atoms with van der Waals surface area (Å²) in [7, 11) is 0. The molecule has 1 aliphatic rings. The third-order valence-electron chi connectivity index (χ3n) is 11.0. The third-order valence-corrected chi connectivity index (χ3v) is 11.0. The van der Waals surface area contributed by atoms with E-state index in [0.29, 0.717) is 22.5 Å². The minimum atomic E-state index is -0.357. The van der Waals surface area contributed by atoms with Gasteiger partial charge in [0.2, 0.25) is 0 Å². The Hall–Kier alpha value is -7.44. The average Bonchev–Trinajstić information content (AvgIpc) is 3.70. The van der Waals surface area contributed by atoms with Crippen molar-refractivity contribution in [2.75, 3.05) is 4.90 Å². The normalized spacial score (nSPS) is 12.5. The number of anilines is 1. The van der Waals surface area contributed by atoms with Gasteiger partial charge in [0.05, 0.1) is 33.5 Å². The van der Waals surface area contributed by atoms with Gasteiger partial charge in [-0.1, -0.05) is 97.1 Å². The predicted molar refractivity (Wildman–Crippen MR) is 225 cm³/mol. The van der Waals surface area contributed by atoms with Crippen LogP contribution in [0.2, 0.25) is 0 Å². The molecule has 0 unspecified atom stereocenters. The lowest BCUT2D eigenvalue weighted by atomic mass is 9.95. The highest BCUT2D eigenvalue weighted by atomic mass is 16.2. The second-order valence-electron chi connectivity index (χ2n) is 14.3. The number of carbonyl (C=O) groups is 2. The van der Waals surface area contributed by atoms with Crippen LogP contribution in [0.15, 0.2) is 170 Å². The molecule has 6 heteroatoms. The summed E-state index contributed by atoms with van der Waals surface area (Å²) in [6.07, 6.45) is 7.41. The quantitative estimate of drug-likeness (QED) is 0.160. The summed E-state index contributed by atoms with van der Waals surface area (Å²) in [4.78, 5) is 40.0. The number of benzene rings is 6. The maximum Gasteiger partial charge on any atom is 0.268 e. The Bertz CT molecular complexity index is 2880. The Morgan fingerprint density at radius 2 is 0.946 bits per heavy atom. The highest BCUT2D eigenvalue weighted by Crippen LogP contribution is 2.45. The Labute approximate surface area is 324 Å². The molecular weight excluding hydrogens is 689 g/mol. The molecule has 0 saturated heterocycles. The van der Waals surface area contributed by atoms with Crippen molar-refractivity contribution >= 4 is 39.3 Å². The van der Waals surface area contributed by atoms with Crippen molar-refractivity contribution in [3.8, 4) is 50.2 Å². The molecule has 0 spiro atoms. The van der Waals surface area contributed by atoms with Crippen LogP contribution in [0, 0.1) is 13.8 Å². The minimum absolute atomic E-state index is 0.348. The zero-order valence-corrected chi connectivity index (χ0v) is 30.8. The molecule has 0 aliphatic carbocycles. The number of amides is 2. The van der Waals surface area contributed by atoms with E-state index in [1.54, 1.807) is 6.07 Å². The van der Waals surface area contributed by atoms with Gasteiger partial charge in [0.1, 0.15) is 0 Å². The first-order valence-corrected chi connectivity index (χ1v) is 18.6. The number of aromatic nitrogens is 3. The van der Waals surface area contributed by atoms with E-state index < -0.39 is 0 Å². The zero-order valence-electron chi connectivity index (χ0n) is 30.8. The lowest BCUT2D eigenvalue weighted by molar-refractivity contribution is 0.0926. The topological polar surface area (TPSA) is 68.1 Å². The van der Waals surface area contributed by atoms with Crippen LogP contribution >= 0.6 is 0 Å². The second-order valence-corrected chi connectivity index (χ2v) is 14.3. The SMILES string of the molecule is Cc1cnccc1-c1ccc2c(c1)c1cc(-c3ccncc3C)ccc1n2-c1cccc2c1C(=O)N(c1c(-c3ccccc3)cccc1-c1ccccc1)C2=O. The fraction of sp³-hybridized carbons (Fsp3) is 0.0400. The van der Waals surface area contributed by atoms with Gasteiger partial charge in [-0.05, 0) is 107 Å². The summed E-state index contributed by atoms with van der Waals surface area (Å²) in [5.74, 6) is -0.705. The van der Waals surface area contributed by atoms with Crippen LogP contribution in [0.5, 0.6) is 0 Å². The van der Waals surface area contributed by atoms with Gasteiger partial charge in [-0.15, -0.1) is 0 Å². The number of carbonyl (C=O) groups excluding carboxylic acids is 2. The van der Waals surface area contributed by atoms with Gasteiger partial charge in [0.25, 0.3) is 11.8 Å². The smallest absolute Gasteiger partial charge is 0.268 e. The van der Waals surface area contributed by atoms with Gasteiger partial charge in [-0.2, -0.15) is 0 Å². The molecule has 4 heterocycles. The van der Waals surface area contributed by atoms with Crippen molar-refractivity contribution in [3.63, 3.8) is 0 Å². The highest BCUT2D eigenvalue weighted by Gasteiger charge is 2.41. The fourth-order valence-corrected chi connectivity index (χ4v) is 8.36. The van der Waals surface area contributed by atoms with Gasteiger partial charge >= 0.3 is 0 Å². The number of rotatable bonds is 6. The van der Waals surface area contributed by atoms with E-state index >= 15 is 4.79 Å². The van der Waals surface area contributed by atoms with Gasteiger partial charge in [0.15, 0.2) is 0 Å². The van der Waals surface area contributed by atoms with Crippen LogP contribution in [0.3, 0.4) is 0 Å². The summed E-state index contributed by atoms with van der Waals surface area (Å²) < 4.78 is 2.14. The largest absolute Gasteiger partial charge is 0.308 e. The second kappa shape index (κ2) is 13.1. The van der Waals surface area contributed by atoms with Crippen molar-refractivity contribution < 1.29 is 9.59 Å². The standard InChI is InChI=1S/C50H34N4O2/c1-31-29-51-25-23-37(31)35-19-21-44-42(27-35)43-28-36(38-24-26-52-30-32(38)2)20-22-45(43)53(44)46-18-10-17-41-47(46)50(56)54(49(41)55)48-39(33-11-5-3-6-12-33)15-9-16-40(48)34-13-7-4-8-14-34/h3-30H,1-2H3. The molecule has 0 fully saturated rings. The molecule has 0 bridgehead atoms. The molecule has 266 valence electrons. The first-order chi connectivity index (χ1) is 27.5. The molecule has 0 N–H and O–H groups in total. The van der Waals surface area contributed by atoms with Gasteiger partial charge in [-0.25, -0.2) is 4.90 Å². The van der Waals surface area contributed by atoms with E-state index in [9.17, 15) is 4.79 Å². The number of nitrogens with zero attached hydrogens (tertiary/aromatic N) is 4. The van der Waals surface area contributed by atoms with E-state index in [2.05, 4.69) is 64.8 Å². The van der Waals surface area contributed by atoms with Crippen molar-refractivity contribution in [1.29, 1.82) is 0 Å². The number of imide groups is 1. The zero-order chi connectivity index (χ0) is 37.9. The van der Waals surface area contributed by atoms with Crippen molar-refractivity contribution in [2.24, 2.45) is 0 Å². The summed E-state index contributed by atoms with van der Waals surface area (Å²) in [6, 6.07) is 48.5. The average molecular weight is 723 g/mol. The Kier molecular flexibility index (Phi) is 7.78. The number of hydrogen-bond donors (Lipinski definition) is 0. The number of para-hydroxylation sites is 1. The molecule has 10 rings (SSSR count). The Balaban J connectivity index is 1.21. The molecule has 0 radical (unpaired) electrons. The molecular formula is C50H34N4O2. The first kappa shape index (κ1) is 33.2. The van der Waals surface area contributed by atoms with Crippen LogP contribution in [0.1, 0.15) is 31.8 Å².